The van der Waals surface area contributed by atoms with E-state index in [0.29, 0.717) is 76.8 Å². The minimum Gasteiger partial charge on any atom is -0.493 e. The predicted octanol–water partition coefficient (Wildman–Crippen LogP) is 6.70. The molecule has 0 amide bonds. The van der Waals surface area contributed by atoms with Gasteiger partial charge in [0.15, 0.2) is 46.0 Å². The quantitative estimate of drug-likeness (QED) is 0.0837. The summed E-state index contributed by atoms with van der Waals surface area (Å²) in [5.41, 5.74) is 3.64. The van der Waals surface area contributed by atoms with Crippen LogP contribution in [0.5, 0.6) is 57.5 Å². The first-order valence-electron chi connectivity index (χ1n) is 17.7. The van der Waals surface area contributed by atoms with Gasteiger partial charge in [-0.1, -0.05) is 12.1 Å². The van der Waals surface area contributed by atoms with E-state index in [2.05, 4.69) is 0 Å². The lowest BCUT2D eigenvalue weighted by molar-refractivity contribution is 0.158. The van der Waals surface area contributed by atoms with Crippen LogP contribution >= 0.6 is 0 Å². The van der Waals surface area contributed by atoms with E-state index in [4.69, 9.17) is 47.4 Å². The van der Waals surface area contributed by atoms with Gasteiger partial charge in [0.25, 0.3) is 0 Å². The Morgan fingerprint density at radius 3 is 1.13 bits per heavy atom. The summed E-state index contributed by atoms with van der Waals surface area (Å²) in [4.78, 5) is 0. The number of methoxy groups -OCH3 is 8. The lowest BCUT2D eigenvalue weighted by Gasteiger charge is -2.27. The minimum atomic E-state index is -0.112. The van der Waals surface area contributed by atoms with Crippen LogP contribution in [0, 0.1) is 11.8 Å². The van der Waals surface area contributed by atoms with E-state index in [-0.39, 0.29) is 38.3 Å². The van der Waals surface area contributed by atoms with E-state index in [9.17, 15) is 10.2 Å². The van der Waals surface area contributed by atoms with Gasteiger partial charge in [-0.2, -0.15) is 0 Å². The van der Waals surface area contributed by atoms with E-state index < -0.39 is 0 Å². The van der Waals surface area contributed by atoms with Crippen LogP contribution in [0.25, 0.3) is 0 Å². The van der Waals surface area contributed by atoms with Gasteiger partial charge in [0.1, 0.15) is 13.2 Å². The van der Waals surface area contributed by atoms with Gasteiger partial charge in [0.2, 0.25) is 11.5 Å². The standard InChI is InChI=1S/C42H54O12/c1-45-33-13-11-27(18-35(33)53-25-29-20-37(47-3)41(51-7)38(21-29)48-4)16-31(10-9-15-43)32(24-44)17-28-12-14-34(46-2)36(19-28)54-26-30-22-39(49-5)42(52-8)40(23-30)50-6/h11-14,18-23,31-32,43-44H,9-10,15-17,24-26H2,1-8H3/t31-,32+/m1/s1. The number of hydrogen-bond donors (Lipinski definition) is 2. The zero-order valence-electron chi connectivity index (χ0n) is 32.6. The van der Waals surface area contributed by atoms with Crippen LogP contribution in [0.2, 0.25) is 0 Å². The molecular weight excluding hydrogens is 696 g/mol. The molecule has 0 fully saturated rings. The fourth-order valence-corrected chi connectivity index (χ4v) is 6.53. The van der Waals surface area contributed by atoms with Crippen molar-refractivity contribution in [2.75, 3.05) is 70.1 Å². The molecule has 0 aliphatic carbocycles. The predicted molar refractivity (Wildman–Crippen MR) is 205 cm³/mol. The van der Waals surface area contributed by atoms with E-state index in [1.807, 2.05) is 60.7 Å². The summed E-state index contributed by atoms with van der Waals surface area (Å²) in [6, 6.07) is 19.0. The smallest absolute Gasteiger partial charge is 0.203 e. The van der Waals surface area contributed by atoms with Crippen molar-refractivity contribution >= 4 is 0 Å². The zero-order valence-corrected chi connectivity index (χ0v) is 32.6. The first-order chi connectivity index (χ1) is 26.3. The van der Waals surface area contributed by atoms with Gasteiger partial charge >= 0.3 is 0 Å². The van der Waals surface area contributed by atoms with Crippen molar-refractivity contribution in [1.29, 1.82) is 0 Å². The Labute approximate surface area is 318 Å². The second kappa shape index (κ2) is 20.9. The Morgan fingerprint density at radius 1 is 0.426 bits per heavy atom. The highest BCUT2D eigenvalue weighted by Gasteiger charge is 2.24. The van der Waals surface area contributed by atoms with Gasteiger partial charge < -0.3 is 57.6 Å². The summed E-state index contributed by atoms with van der Waals surface area (Å²) in [6.07, 6.45) is 2.55. The lowest BCUT2D eigenvalue weighted by Crippen LogP contribution is -2.24. The maximum Gasteiger partial charge on any atom is 0.203 e. The molecule has 2 atom stereocenters. The molecule has 0 aliphatic heterocycles. The van der Waals surface area contributed by atoms with Crippen molar-refractivity contribution in [3.05, 3.63) is 82.9 Å². The average molecular weight is 751 g/mol. The largest absolute Gasteiger partial charge is 0.493 e. The number of ether oxygens (including phenoxy) is 10. The molecule has 0 aliphatic rings. The van der Waals surface area contributed by atoms with Crippen molar-refractivity contribution in [1.82, 2.24) is 0 Å². The molecule has 54 heavy (non-hydrogen) atoms. The maximum absolute atomic E-state index is 10.7. The zero-order chi connectivity index (χ0) is 39.0. The lowest BCUT2D eigenvalue weighted by atomic mass is 9.80. The number of benzene rings is 4. The fraction of sp³-hybridized carbons (Fsp3) is 0.429. The van der Waals surface area contributed by atoms with Crippen molar-refractivity contribution in [2.24, 2.45) is 11.8 Å². The van der Waals surface area contributed by atoms with Gasteiger partial charge in [-0.3, -0.25) is 0 Å². The number of rotatable bonds is 23. The Hall–Kier alpha value is -5.20. The van der Waals surface area contributed by atoms with Gasteiger partial charge in [0, 0.05) is 13.2 Å². The molecule has 0 bridgehead atoms. The molecule has 0 radical (unpaired) electrons. The highest BCUT2D eigenvalue weighted by atomic mass is 16.5. The Balaban J connectivity index is 1.53. The van der Waals surface area contributed by atoms with Crippen molar-refractivity contribution < 1.29 is 57.6 Å². The molecule has 2 N–H and O–H groups in total. The monoisotopic (exact) mass is 750 g/mol. The van der Waals surface area contributed by atoms with E-state index in [1.165, 1.54) is 0 Å². The number of aliphatic hydroxyl groups is 2. The summed E-state index contributed by atoms with van der Waals surface area (Å²) in [5, 5.41) is 20.5. The van der Waals surface area contributed by atoms with Crippen molar-refractivity contribution in [2.45, 2.75) is 38.9 Å². The van der Waals surface area contributed by atoms with E-state index in [0.717, 1.165) is 28.7 Å². The SMILES string of the molecule is COc1ccc(C[C@@H](CO)[C@H](CCCO)Cc2ccc(OC)c(OCc3cc(OC)c(OC)c(OC)c3)c2)cc1OCc1cc(OC)c(OC)c(OC)c1. The minimum absolute atomic E-state index is 0.0373. The normalized spacial score (nSPS) is 12.0. The highest BCUT2D eigenvalue weighted by Crippen LogP contribution is 2.41. The van der Waals surface area contributed by atoms with Gasteiger partial charge in [-0.15, -0.1) is 0 Å². The summed E-state index contributed by atoms with van der Waals surface area (Å²) < 4.78 is 56.8. The van der Waals surface area contributed by atoms with E-state index >= 15 is 0 Å². The van der Waals surface area contributed by atoms with Crippen LogP contribution < -0.4 is 47.4 Å². The molecule has 0 aromatic heterocycles. The molecule has 294 valence electrons. The maximum atomic E-state index is 10.7. The molecule has 0 saturated carbocycles. The third kappa shape index (κ3) is 10.5. The second-order valence-corrected chi connectivity index (χ2v) is 12.6. The number of aliphatic hydroxyl groups excluding tert-OH is 2. The molecule has 4 aromatic carbocycles. The van der Waals surface area contributed by atoms with Crippen LogP contribution in [-0.4, -0.2) is 80.3 Å². The molecule has 0 unspecified atom stereocenters. The molecule has 0 spiro atoms. The van der Waals surface area contributed by atoms with Crippen LogP contribution in [0.3, 0.4) is 0 Å². The highest BCUT2D eigenvalue weighted by molar-refractivity contribution is 5.55. The third-order valence-electron chi connectivity index (χ3n) is 9.32. The second-order valence-electron chi connectivity index (χ2n) is 12.6. The molecule has 0 heterocycles. The summed E-state index contributed by atoms with van der Waals surface area (Å²) in [5.74, 6) is 5.39. The van der Waals surface area contributed by atoms with Crippen molar-refractivity contribution in [3.63, 3.8) is 0 Å². The molecule has 4 aromatic rings. The molecule has 4 rings (SSSR count). The first-order valence-corrected chi connectivity index (χ1v) is 17.7. The Kier molecular flexibility index (Phi) is 16.1. The van der Waals surface area contributed by atoms with Crippen LogP contribution in [-0.2, 0) is 26.1 Å². The summed E-state index contributed by atoms with van der Waals surface area (Å²) >= 11 is 0. The van der Waals surface area contributed by atoms with Gasteiger partial charge in [0.05, 0.1) is 56.9 Å². The number of hydrogen-bond acceptors (Lipinski definition) is 12. The van der Waals surface area contributed by atoms with Crippen LogP contribution in [0.4, 0.5) is 0 Å². The topological polar surface area (TPSA) is 133 Å². The Morgan fingerprint density at radius 2 is 0.796 bits per heavy atom. The van der Waals surface area contributed by atoms with Gasteiger partial charge in [-0.25, -0.2) is 0 Å². The fourth-order valence-electron chi connectivity index (χ4n) is 6.53. The summed E-state index contributed by atoms with van der Waals surface area (Å²) in [7, 11) is 12.6. The summed E-state index contributed by atoms with van der Waals surface area (Å²) in [6.45, 7) is 0.470. The van der Waals surface area contributed by atoms with E-state index in [1.54, 1.807) is 56.9 Å². The molecular formula is C42H54O12. The first kappa shape index (κ1) is 41.6. The Bertz CT molecular complexity index is 1720. The van der Waals surface area contributed by atoms with Gasteiger partial charge in [-0.05, 0) is 108 Å². The molecule has 0 saturated heterocycles. The third-order valence-corrected chi connectivity index (χ3v) is 9.32. The van der Waals surface area contributed by atoms with Crippen LogP contribution in [0.1, 0.15) is 35.1 Å². The van der Waals surface area contributed by atoms with Crippen LogP contribution in [0.15, 0.2) is 60.7 Å². The molecule has 12 heteroatoms. The average Bonchev–Trinajstić information content (AvgIpc) is 3.21. The molecule has 12 nitrogen and oxygen atoms in total. The van der Waals surface area contributed by atoms with Crippen molar-refractivity contribution in [3.8, 4) is 57.5 Å².